The van der Waals surface area contributed by atoms with Crippen LogP contribution in [0.2, 0.25) is 0 Å². The zero-order valence-corrected chi connectivity index (χ0v) is 8.98. The molecular formula is C11H14FNO3. The third-order valence-electron chi connectivity index (χ3n) is 2.22. The number of phenols is 1. The van der Waals surface area contributed by atoms with Crippen molar-refractivity contribution in [3.05, 3.63) is 29.6 Å². The average molecular weight is 227 g/mol. The van der Waals surface area contributed by atoms with Crippen molar-refractivity contribution in [1.82, 2.24) is 4.90 Å². The number of hydrogen-bond donors (Lipinski definition) is 2. The van der Waals surface area contributed by atoms with Crippen LogP contribution in [0.3, 0.4) is 0 Å². The maximum atomic E-state index is 13.4. The molecule has 0 unspecified atom stereocenters. The number of carbonyl (C=O) groups excluding carboxylic acids is 1. The van der Waals surface area contributed by atoms with Crippen LogP contribution in [0.1, 0.15) is 17.3 Å². The number of aliphatic hydroxyl groups excluding tert-OH is 1. The van der Waals surface area contributed by atoms with Crippen LogP contribution in [0, 0.1) is 5.82 Å². The Labute approximate surface area is 92.9 Å². The average Bonchev–Trinajstić information content (AvgIpc) is 2.25. The van der Waals surface area contributed by atoms with Gasteiger partial charge in [0.15, 0.2) is 0 Å². The lowest BCUT2D eigenvalue weighted by atomic mass is 10.1. The summed E-state index contributed by atoms with van der Waals surface area (Å²) in [4.78, 5) is 13.1. The Morgan fingerprint density at radius 2 is 2.19 bits per heavy atom. The topological polar surface area (TPSA) is 60.8 Å². The highest BCUT2D eigenvalue weighted by molar-refractivity contribution is 5.94. The lowest BCUT2D eigenvalue weighted by molar-refractivity contribution is 0.0727. The normalized spacial score (nSPS) is 10.2. The molecular weight excluding hydrogens is 213 g/mol. The molecule has 1 rings (SSSR count). The van der Waals surface area contributed by atoms with E-state index in [1.54, 1.807) is 6.92 Å². The Bertz CT molecular complexity index is 381. The molecule has 0 saturated carbocycles. The Balaban J connectivity index is 2.94. The summed E-state index contributed by atoms with van der Waals surface area (Å²) in [6.45, 7) is 2.13. The highest BCUT2D eigenvalue weighted by Crippen LogP contribution is 2.16. The summed E-state index contributed by atoms with van der Waals surface area (Å²) in [5, 5.41) is 17.8. The number of rotatable bonds is 4. The Kier molecular flexibility index (Phi) is 4.25. The van der Waals surface area contributed by atoms with Crippen molar-refractivity contribution in [2.75, 3.05) is 19.7 Å². The van der Waals surface area contributed by atoms with E-state index in [-0.39, 0.29) is 24.5 Å². The predicted octanol–water partition coefficient (Wildman–Crippen LogP) is 0.986. The van der Waals surface area contributed by atoms with E-state index in [9.17, 15) is 9.18 Å². The van der Waals surface area contributed by atoms with Crippen molar-refractivity contribution in [2.24, 2.45) is 0 Å². The largest absolute Gasteiger partial charge is 0.508 e. The van der Waals surface area contributed by atoms with E-state index in [4.69, 9.17) is 10.2 Å². The molecule has 0 heterocycles. The van der Waals surface area contributed by atoms with Gasteiger partial charge in [0.25, 0.3) is 5.91 Å². The number of amides is 1. The SMILES string of the molecule is CCN(CCO)C(=O)c1ccc(O)cc1F. The molecule has 0 radical (unpaired) electrons. The molecule has 0 spiro atoms. The molecule has 0 aromatic heterocycles. The lowest BCUT2D eigenvalue weighted by Crippen LogP contribution is -2.33. The van der Waals surface area contributed by atoms with Crippen LogP contribution in [-0.2, 0) is 0 Å². The van der Waals surface area contributed by atoms with Gasteiger partial charge in [0.1, 0.15) is 11.6 Å². The smallest absolute Gasteiger partial charge is 0.256 e. The molecule has 1 amide bonds. The van der Waals surface area contributed by atoms with Gasteiger partial charge in [-0.1, -0.05) is 0 Å². The van der Waals surface area contributed by atoms with Crippen LogP contribution in [0.25, 0.3) is 0 Å². The zero-order chi connectivity index (χ0) is 12.1. The van der Waals surface area contributed by atoms with Crippen molar-refractivity contribution in [1.29, 1.82) is 0 Å². The quantitative estimate of drug-likeness (QED) is 0.806. The van der Waals surface area contributed by atoms with Gasteiger partial charge in [-0.15, -0.1) is 0 Å². The van der Waals surface area contributed by atoms with Crippen LogP contribution in [0.5, 0.6) is 5.75 Å². The summed E-state index contributed by atoms with van der Waals surface area (Å²) in [5.41, 5.74) is -0.104. The fraction of sp³-hybridized carbons (Fsp3) is 0.364. The molecule has 0 saturated heterocycles. The molecule has 2 N–H and O–H groups in total. The van der Waals surface area contributed by atoms with Crippen molar-refractivity contribution in [3.63, 3.8) is 0 Å². The number of carbonyl (C=O) groups is 1. The second kappa shape index (κ2) is 5.46. The summed E-state index contributed by atoms with van der Waals surface area (Å²) in [6, 6.07) is 3.37. The molecule has 0 atom stereocenters. The summed E-state index contributed by atoms with van der Waals surface area (Å²) in [6.07, 6.45) is 0. The standard InChI is InChI=1S/C11H14FNO3/c1-2-13(5-6-14)11(16)9-4-3-8(15)7-10(9)12/h3-4,7,14-15H,2,5-6H2,1H3. The van der Waals surface area contributed by atoms with Crippen LogP contribution >= 0.6 is 0 Å². The van der Waals surface area contributed by atoms with Crippen LogP contribution in [-0.4, -0.2) is 40.7 Å². The highest BCUT2D eigenvalue weighted by Gasteiger charge is 2.17. The lowest BCUT2D eigenvalue weighted by Gasteiger charge is -2.19. The van der Waals surface area contributed by atoms with Gasteiger partial charge >= 0.3 is 0 Å². The molecule has 16 heavy (non-hydrogen) atoms. The fourth-order valence-corrected chi connectivity index (χ4v) is 1.37. The molecule has 0 aliphatic heterocycles. The number of benzene rings is 1. The molecule has 88 valence electrons. The van der Waals surface area contributed by atoms with E-state index in [2.05, 4.69) is 0 Å². The van der Waals surface area contributed by atoms with E-state index >= 15 is 0 Å². The third kappa shape index (κ3) is 2.70. The monoisotopic (exact) mass is 227 g/mol. The van der Waals surface area contributed by atoms with Crippen molar-refractivity contribution >= 4 is 5.91 Å². The van der Waals surface area contributed by atoms with E-state index in [1.165, 1.54) is 17.0 Å². The second-order valence-corrected chi connectivity index (χ2v) is 3.27. The highest BCUT2D eigenvalue weighted by atomic mass is 19.1. The molecule has 4 nitrogen and oxygen atoms in total. The first-order chi connectivity index (χ1) is 7.60. The van der Waals surface area contributed by atoms with Crippen molar-refractivity contribution in [3.8, 4) is 5.75 Å². The molecule has 0 aliphatic rings. The van der Waals surface area contributed by atoms with Gasteiger partial charge in [0.05, 0.1) is 12.2 Å². The van der Waals surface area contributed by atoms with Gasteiger partial charge in [0.2, 0.25) is 0 Å². The molecule has 0 fully saturated rings. The van der Waals surface area contributed by atoms with E-state index < -0.39 is 11.7 Å². The second-order valence-electron chi connectivity index (χ2n) is 3.27. The predicted molar refractivity (Wildman–Crippen MR) is 56.7 cm³/mol. The van der Waals surface area contributed by atoms with Crippen LogP contribution < -0.4 is 0 Å². The molecule has 1 aromatic rings. The van der Waals surface area contributed by atoms with Gasteiger partial charge in [-0.25, -0.2) is 4.39 Å². The Morgan fingerprint density at radius 3 is 2.69 bits per heavy atom. The fourth-order valence-electron chi connectivity index (χ4n) is 1.37. The zero-order valence-electron chi connectivity index (χ0n) is 8.98. The Morgan fingerprint density at radius 1 is 1.50 bits per heavy atom. The van der Waals surface area contributed by atoms with E-state index in [0.717, 1.165) is 6.07 Å². The number of hydrogen-bond acceptors (Lipinski definition) is 3. The summed E-state index contributed by atoms with van der Waals surface area (Å²) < 4.78 is 13.4. The molecule has 1 aromatic carbocycles. The first-order valence-electron chi connectivity index (χ1n) is 4.98. The minimum absolute atomic E-state index is 0.104. The van der Waals surface area contributed by atoms with Crippen molar-refractivity contribution < 1.29 is 19.4 Å². The first-order valence-corrected chi connectivity index (χ1v) is 4.98. The number of nitrogens with zero attached hydrogens (tertiary/aromatic N) is 1. The van der Waals surface area contributed by atoms with Gasteiger partial charge in [0, 0.05) is 19.2 Å². The van der Waals surface area contributed by atoms with Gasteiger partial charge in [-0.3, -0.25) is 4.79 Å². The maximum absolute atomic E-state index is 13.4. The molecule has 5 heteroatoms. The van der Waals surface area contributed by atoms with Crippen molar-refractivity contribution in [2.45, 2.75) is 6.92 Å². The Hall–Kier alpha value is -1.62. The molecule has 0 bridgehead atoms. The van der Waals surface area contributed by atoms with Gasteiger partial charge in [-0.05, 0) is 19.1 Å². The number of phenolic OH excluding ortho intramolecular Hbond substituents is 1. The number of likely N-dealkylation sites (N-methyl/N-ethyl adjacent to an activating group) is 1. The number of halogens is 1. The van der Waals surface area contributed by atoms with Crippen LogP contribution in [0.15, 0.2) is 18.2 Å². The minimum Gasteiger partial charge on any atom is -0.508 e. The van der Waals surface area contributed by atoms with E-state index in [1.807, 2.05) is 0 Å². The summed E-state index contributed by atoms with van der Waals surface area (Å²) in [5.74, 6) is -1.48. The molecule has 0 aliphatic carbocycles. The minimum atomic E-state index is -0.763. The number of aromatic hydroxyl groups is 1. The van der Waals surface area contributed by atoms with Crippen LogP contribution in [0.4, 0.5) is 4.39 Å². The first kappa shape index (κ1) is 12.4. The maximum Gasteiger partial charge on any atom is 0.256 e. The van der Waals surface area contributed by atoms with Gasteiger partial charge in [-0.2, -0.15) is 0 Å². The summed E-state index contributed by atoms with van der Waals surface area (Å²) in [7, 11) is 0. The van der Waals surface area contributed by atoms with E-state index in [0.29, 0.717) is 6.54 Å². The summed E-state index contributed by atoms with van der Waals surface area (Å²) >= 11 is 0. The third-order valence-corrected chi connectivity index (χ3v) is 2.22. The van der Waals surface area contributed by atoms with Gasteiger partial charge < -0.3 is 15.1 Å². The number of aliphatic hydroxyl groups is 1.